The molecule has 0 saturated heterocycles. The third kappa shape index (κ3) is 3.29. The van der Waals surface area contributed by atoms with Crippen molar-refractivity contribution in [1.29, 1.82) is 0 Å². The van der Waals surface area contributed by atoms with Crippen molar-refractivity contribution in [1.82, 2.24) is 20.3 Å². The summed E-state index contributed by atoms with van der Waals surface area (Å²) in [5.41, 5.74) is 3.36. The van der Waals surface area contributed by atoms with Crippen LogP contribution in [0.4, 0.5) is 0 Å². The molecular formula is C16H22N4O. The Morgan fingerprint density at radius 3 is 2.52 bits per heavy atom. The van der Waals surface area contributed by atoms with Crippen molar-refractivity contribution in [3.63, 3.8) is 0 Å². The number of nitrogens with one attached hydrogen (secondary N) is 1. The van der Waals surface area contributed by atoms with Gasteiger partial charge >= 0.3 is 0 Å². The van der Waals surface area contributed by atoms with Gasteiger partial charge in [-0.3, -0.25) is 4.79 Å². The van der Waals surface area contributed by atoms with Crippen molar-refractivity contribution in [2.24, 2.45) is 0 Å². The molecule has 0 saturated carbocycles. The number of aromatic nitrogens is 3. The van der Waals surface area contributed by atoms with E-state index in [9.17, 15) is 4.79 Å². The van der Waals surface area contributed by atoms with Crippen molar-refractivity contribution >= 4 is 5.91 Å². The lowest BCUT2D eigenvalue weighted by Gasteiger charge is -2.11. The maximum absolute atomic E-state index is 12.2. The Bertz CT molecular complexity index is 614. The average molecular weight is 286 g/mol. The summed E-state index contributed by atoms with van der Waals surface area (Å²) in [5.74, 6) is 0.00240. The monoisotopic (exact) mass is 286 g/mol. The van der Waals surface area contributed by atoms with Crippen LogP contribution >= 0.6 is 0 Å². The number of nitrogens with zero attached hydrogens (tertiary/aromatic N) is 3. The van der Waals surface area contributed by atoms with Gasteiger partial charge in [0, 0.05) is 6.54 Å². The van der Waals surface area contributed by atoms with Gasteiger partial charge in [0.25, 0.3) is 5.91 Å². The maximum Gasteiger partial charge on any atom is 0.273 e. The summed E-state index contributed by atoms with van der Waals surface area (Å²) >= 11 is 0. The smallest absolute Gasteiger partial charge is 0.273 e. The van der Waals surface area contributed by atoms with E-state index in [0.29, 0.717) is 12.2 Å². The Labute approximate surface area is 125 Å². The van der Waals surface area contributed by atoms with Gasteiger partial charge in [-0.2, -0.15) is 0 Å². The normalized spacial score (nSPS) is 10.9. The minimum atomic E-state index is -0.154. The molecule has 1 N–H and O–H groups in total. The summed E-state index contributed by atoms with van der Waals surface area (Å²) in [6.45, 7) is 8.79. The zero-order valence-corrected chi connectivity index (χ0v) is 13.1. The molecule has 0 bridgehead atoms. The molecule has 1 heterocycles. The van der Waals surface area contributed by atoms with Crippen molar-refractivity contribution in [2.75, 3.05) is 6.54 Å². The number of hydrogen-bond acceptors (Lipinski definition) is 3. The van der Waals surface area contributed by atoms with Gasteiger partial charge in [0.1, 0.15) is 0 Å². The van der Waals surface area contributed by atoms with Crippen LogP contribution in [0, 0.1) is 6.92 Å². The molecule has 0 radical (unpaired) electrons. The van der Waals surface area contributed by atoms with E-state index in [-0.39, 0.29) is 11.8 Å². The first-order valence-electron chi connectivity index (χ1n) is 7.35. The topological polar surface area (TPSA) is 59.8 Å². The van der Waals surface area contributed by atoms with Crippen molar-refractivity contribution in [2.45, 2.75) is 40.0 Å². The lowest BCUT2D eigenvalue weighted by molar-refractivity contribution is 0.0947. The SMILES string of the molecule is CCCNC(=O)c1nnn(-c2ccc(C)cc2)c1C(C)C. The molecule has 112 valence electrons. The van der Waals surface area contributed by atoms with Crippen molar-refractivity contribution in [3.8, 4) is 5.69 Å². The van der Waals surface area contributed by atoms with Gasteiger partial charge in [0.05, 0.1) is 11.4 Å². The summed E-state index contributed by atoms with van der Waals surface area (Å²) in [5, 5.41) is 11.1. The summed E-state index contributed by atoms with van der Waals surface area (Å²) in [4.78, 5) is 12.2. The molecule has 0 fully saturated rings. The highest BCUT2D eigenvalue weighted by molar-refractivity contribution is 5.93. The Morgan fingerprint density at radius 1 is 1.29 bits per heavy atom. The van der Waals surface area contributed by atoms with Crippen LogP contribution in [0.25, 0.3) is 5.69 Å². The quantitative estimate of drug-likeness (QED) is 0.919. The van der Waals surface area contributed by atoms with Crippen LogP contribution in [0.15, 0.2) is 24.3 Å². The standard InChI is InChI=1S/C16H22N4O/c1-5-10-17-16(21)14-15(11(2)3)20(19-18-14)13-8-6-12(4)7-9-13/h6-9,11H,5,10H2,1-4H3,(H,17,21). The highest BCUT2D eigenvalue weighted by Gasteiger charge is 2.22. The van der Waals surface area contributed by atoms with E-state index in [1.165, 1.54) is 5.56 Å². The van der Waals surface area contributed by atoms with Crippen LogP contribution < -0.4 is 5.32 Å². The molecule has 21 heavy (non-hydrogen) atoms. The fourth-order valence-electron chi connectivity index (χ4n) is 2.17. The van der Waals surface area contributed by atoms with Crippen LogP contribution in [0.5, 0.6) is 0 Å². The molecule has 0 aliphatic carbocycles. The fraction of sp³-hybridized carbons (Fsp3) is 0.438. The molecule has 1 aromatic heterocycles. The zero-order chi connectivity index (χ0) is 15.4. The second kappa shape index (κ2) is 6.52. The molecule has 5 heteroatoms. The van der Waals surface area contributed by atoms with E-state index in [4.69, 9.17) is 0 Å². The Hall–Kier alpha value is -2.17. The first kappa shape index (κ1) is 15.2. The third-order valence-corrected chi connectivity index (χ3v) is 3.28. The molecule has 0 aliphatic rings. The van der Waals surface area contributed by atoms with Crippen LogP contribution in [0.3, 0.4) is 0 Å². The number of benzene rings is 1. The summed E-state index contributed by atoms with van der Waals surface area (Å²) < 4.78 is 1.75. The third-order valence-electron chi connectivity index (χ3n) is 3.28. The number of carbonyl (C=O) groups excluding carboxylic acids is 1. The van der Waals surface area contributed by atoms with E-state index in [1.54, 1.807) is 4.68 Å². The highest BCUT2D eigenvalue weighted by atomic mass is 16.2. The summed E-state index contributed by atoms with van der Waals surface area (Å²) in [6, 6.07) is 8.03. The van der Waals surface area contributed by atoms with Gasteiger partial charge in [0.15, 0.2) is 5.69 Å². The first-order valence-corrected chi connectivity index (χ1v) is 7.35. The van der Waals surface area contributed by atoms with Crippen molar-refractivity contribution in [3.05, 3.63) is 41.2 Å². The minimum Gasteiger partial charge on any atom is -0.351 e. The van der Waals surface area contributed by atoms with E-state index < -0.39 is 0 Å². The summed E-state index contributed by atoms with van der Waals surface area (Å²) in [7, 11) is 0. The minimum absolute atomic E-state index is 0.154. The molecule has 0 spiro atoms. The molecule has 0 unspecified atom stereocenters. The lowest BCUT2D eigenvalue weighted by Crippen LogP contribution is -2.26. The molecule has 2 rings (SSSR count). The lowest BCUT2D eigenvalue weighted by atomic mass is 10.1. The van der Waals surface area contributed by atoms with Gasteiger partial charge in [0.2, 0.25) is 0 Å². The zero-order valence-electron chi connectivity index (χ0n) is 13.1. The Balaban J connectivity index is 2.41. The Morgan fingerprint density at radius 2 is 1.95 bits per heavy atom. The second-order valence-electron chi connectivity index (χ2n) is 5.48. The van der Waals surface area contributed by atoms with E-state index in [0.717, 1.165) is 17.8 Å². The van der Waals surface area contributed by atoms with Crippen LogP contribution in [0.2, 0.25) is 0 Å². The van der Waals surface area contributed by atoms with E-state index >= 15 is 0 Å². The van der Waals surface area contributed by atoms with Gasteiger partial charge < -0.3 is 5.32 Å². The van der Waals surface area contributed by atoms with Gasteiger partial charge in [-0.05, 0) is 31.4 Å². The van der Waals surface area contributed by atoms with E-state index in [2.05, 4.69) is 15.6 Å². The predicted molar refractivity (Wildman–Crippen MR) is 82.8 cm³/mol. The number of aryl methyl sites for hydroxylation is 1. The van der Waals surface area contributed by atoms with Gasteiger partial charge in [-0.25, -0.2) is 4.68 Å². The highest BCUT2D eigenvalue weighted by Crippen LogP contribution is 2.21. The van der Waals surface area contributed by atoms with Crippen LogP contribution in [0.1, 0.15) is 54.9 Å². The second-order valence-corrected chi connectivity index (χ2v) is 5.48. The number of carbonyl (C=O) groups is 1. The number of rotatable bonds is 5. The fourth-order valence-corrected chi connectivity index (χ4v) is 2.17. The van der Waals surface area contributed by atoms with Gasteiger partial charge in [-0.1, -0.05) is 43.7 Å². The number of hydrogen-bond donors (Lipinski definition) is 1. The molecular weight excluding hydrogens is 264 g/mol. The summed E-state index contributed by atoms with van der Waals surface area (Å²) in [6.07, 6.45) is 0.898. The van der Waals surface area contributed by atoms with Crippen molar-refractivity contribution < 1.29 is 4.79 Å². The molecule has 0 atom stereocenters. The van der Waals surface area contributed by atoms with E-state index in [1.807, 2.05) is 52.0 Å². The van der Waals surface area contributed by atoms with Gasteiger partial charge in [-0.15, -0.1) is 5.10 Å². The predicted octanol–water partition coefficient (Wildman–Crippen LogP) is 2.84. The molecule has 1 aromatic carbocycles. The van der Waals surface area contributed by atoms with Crippen LogP contribution in [-0.2, 0) is 0 Å². The molecule has 1 amide bonds. The average Bonchev–Trinajstić information content (AvgIpc) is 2.90. The largest absolute Gasteiger partial charge is 0.351 e. The number of amides is 1. The Kier molecular flexibility index (Phi) is 4.73. The molecule has 0 aliphatic heterocycles. The first-order chi connectivity index (χ1) is 10.0. The maximum atomic E-state index is 12.2. The molecule has 5 nitrogen and oxygen atoms in total. The van der Waals surface area contributed by atoms with Crippen LogP contribution in [-0.4, -0.2) is 27.4 Å². The molecule has 2 aromatic rings.